The molecule has 1 aromatic carbocycles. The van der Waals surface area contributed by atoms with Gasteiger partial charge >= 0.3 is 0 Å². The molecule has 1 heterocycles. The van der Waals surface area contributed by atoms with Gasteiger partial charge in [0.1, 0.15) is 6.61 Å². The number of nitrogens with one attached hydrogen (secondary N) is 1. The first-order chi connectivity index (χ1) is 9.83. The topological polar surface area (TPSA) is 33.7 Å². The molecule has 20 heavy (non-hydrogen) atoms. The molecule has 1 aliphatic rings. The third kappa shape index (κ3) is 4.39. The molecule has 1 unspecified atom stereocenters. The summed E-state index contributed by atoms with van der Waals surface area (Å²) >= 11 is 0. The summed E-state index contributed by atoms with van der Waals surface area (Å²) in [6.45, 7) is 9.86. The van der Waals surface area contributed by atoms with Crippen LogP contribution in [0, 0.1) is 0 Å². The van der Waals surface area contributed by atoms with Gasteiger partial charge in [0.15, 0.2) is 11.5 Å². The van der Waals surface area contributed by atoms with Gasteiger partial charge < -0.3 is 14.8 Å². The van der Waals surface area contributed by atoms with E-state index in [1.54, 1.807) is 0 Å². The molecule has 0 aliphatic carbocycles. The van der Waals surface area contributed by atoms with Crippen LogP contribution in [0.5, 0.6) is 11.5 Å². The van der Waals surface area contributed by atoms with Crippen molar-refractivity contribution in [2.45, 2.75) is 26.3 Å². The Balaban J connectivity index is 1.78. The summed E-state index contributed by atoms with van der Waals surface area (Å²) in [5, 5.41) is 3.53. The van der Waals surface area contributed by atoms with Crippen LogP contribution in [0.1, 0.15) is 20.3 Å². The quantitative estimate of drug-likeness (QED) is 0.828. The number of nitrogens with zero attached hydrogens (tertiary/aromatic N) is 1. The number of para-hydroxylation sites is 2. The number of hydrogen-bond donors (Lipinski definition) is 1. The van der Waals surface area contributed by atoms with Crippen LogP contribution >= 0.6 is 0 Å². The number of piperazine rings is 1. The largest absolute Gasteiger partial charge is 0.490 e. The number of hydrogen-bond acceptors (Lipinski definition) is 4. The highest BCUT2D eigenvalue weighted by molar-refractivity contribution is 5.39. The molecule has 1 atom stereocenters. The van der Waals surface area contributed by atoms with Crippen molar-refractivity contribution in [2.24, 2.45) is 0 Å². The van der Waals surface area contributed by atoms with E-state index in [1.807, 2.05) is 31.2 Å². The lowest BCUT2D eigenvalue weighted by molar-refractivity contribution is 0.161. The lowest BCUT2D eigenvalue weighted by Gasteiger charge is -2.33. The molecule has 0 saturated carbocycles. The van der Waals surface area contributed by atoms with Crippen molar-refractivity contribution in [3.05, 3.63) is 24.3 Å². The summed E-state index contributed by atoms with van der Waals surface area (Å²) in [6.07, 6.45) is 1.19. The molecule has 112 valence electrons. The first-order valence-electron chi connectivity index (χ1n) is 7.63. The molecule has 1 fully saturated rings. The van der Waals surface area contributed by atoms with Crippen molar-refractivity contribution in [1.82, 2.24) is 10.2 Å². The van der Waals surface area contributed by atoms with E-state index in [9.17, 15) is 0 Å². The van der Waals surface area contributed by atoms with E-state index in [2.05, 4.69) is 17.1 Å². The van der Waals surface area contributed by atoms with Gasteiger partial charge in [-0.15, -0.1) is 0 Å². The maximum atomic E-state index is 5.87. The maximum absolute atomic E-state index is 5.87. The van der Waals surface area contributed by atoms with Crippen LogP contribution in [0.2, 0.25) is 0 Å². The summed E-state index contributed by atoms with van der Waals surface area (Å²) in [7, 11) is 0. The van der Waals surface area contributed by atoms with Crippen LogP contribution in [0.25, 0.3) is 0 Å². The maximum Gasteiger partial charge on any atom is 0.161 e. The summed E-state index contributed by atoms with van der Waals surface area (Å²) in [4.78, 5) is 2.47. The van der Waals surface area contributed by atoms with Crippen LogP contribution in [-0.4, -0.2) is 50.3 Å². The fraction of sp³-hybridized carbons (Fsp3) is 0.625. The minimum Gasteiger partial charge on any atom is -0.490 e. The smallest absolute Gasteiger partial charge is 0.161 e. The second-order valence-electron chi connectivity index (χ2n) is 5.09. The predicted molar refractivity (Wildman–Crippen MR) is 81.6 cm³/mol. The molecular weight excluding hydrogens is 252 g/mol. The van der Waals surface area contributed by atoms with E-state index >= 15 is 0 Å². The molecule has 1 N–H and O–H groups in total. The Kier molecular flexibility index (Phi) is 6.15. The molecule has 0 radical (unpaired) electrons. The van der Waals surface area contributed by atoms with E-state index in [0.29, 0.717) is 19.3 Å². The fourth-order valence-electron chi connectivity index (χ4n) is 2.50. The Morgan fingerprint density at radius 2 is 1.95 bits per heavy atom. The number of benzene rings is 1. The van der Waals surface area contributed by atoms with Crippen LogP contribution in [0.15, 0.2) is 24.3 Å². The molecule has 1 aromatic rings. The minimum absolute atomic E-state index is 0.625. The summed E-state index contributed by atoms with van der Waals surface area (Å²) in [6, 6.07) is 8.50. The van der Waals surface area contributed by atoms with Crippen LogP contribution in [0.4, 0.5) is 0 Å². The van der Waals surface area contributed by atoms with E-state index < -0.39 is 0 Å². The van der Waals surface area contributed by atoms with Gasteiger partial charge in [0.05, 0.1) is 6.61 Å². The van der Waals surface area contributed by atoms with Gasteiger partial charge in [-0.2, -0.15) is 0 Å². The highest BCUT2D eigenvalue weighted by Crippen LogP contribution is 2.26. The van der Waals surface area contributed by atoms with Crippen molar-refractivity contribution in [3.8, 4) is 11.5 Å². The Labute approximate surface area is 122 Å². The SMILES string of the molecule is CCOc1ccccc1OCCN1CCNC(CC)C1. The second-order valence-corrected chi connectivity index (χ2v) is 5.09. The van der Waals surface area contributed by atoms with E-state index in [0.717, 1.165) is 37.7 Å². The summed E-state index contributed by atoms with van der Waals surface area (Å²) in [5.41, 5.74) is 0. The molecule has 4 heteroatoms. The van der Waals surface area contributed by atoms with Gasteiger partial charge in [-0.25, -0.2) is 0 Å². The minimum atomic E-state index is 0.625. The Hall–Kier alpha value is -1.26. The monoisotopic (exact) mass is 278 g/mol. The van der Waals surface area contributed by atoms with Crippen molar-refractivity contribution in [2.75, 3.05) is 39.4 Å². The van der Waals surface area contributed by atoms with Crippen LogP contribution in [0.3, 0.4) is 0 Å². The van der Waals surface area contributed by atoms with Crippen molar-refractivity contribution >= 4 is 0 Å². The standard InChI is InChI=1S/C16H26N2O2/c1-3-14-13-18(10-9-17-14)11-12-20-16-8-6-5-7-15(16)19-4-2/h5-8,14,17H,3-4,9-13H2,1-2H3. The van der Waals surface area contributed by atoms with E-state index in [4.69, 9.17) is 9.47 Å². The average molecular weight is 278 g/mol. The molecule has 0 spiro atoms. The van der Waals surface area contributed by atoms with Gasteiger partial charge in [-0.05, 0) is 25.5 Å². The number of ether oxygens (including phenoxy) is 2. The highest BCUT2D eigenvalue weighted by atomic mass is 16.5. The molecular formula is C16H26N2O2. The first-order valence-corrected chi connectivity index (χ1v) is 7.63. The zero-order valence-corrected chi connectivity index (χ0v) is 12.6. The molecule has 4 nitrogen and oxygen atoms in total. The van der Waals surface area contributed by atoms with Gasteiger partial charge in [-0.3, -0.25) is 4.90 Å². The zero-order chi connectivity index (χ0) is 14.2. The third-order valence-corrected chi connectivity index (χ3v) is 3.65. The molecule has 2 rings (SSSR count). The number of rotatable bonds is 7. The Morgan fingerprint density at radius 1 is 1.20 bits per heavy atom. The normalized spacial score (nSPS) is 19.8. The third-order valence-electron chi connectivity index (χ3n) is 3.65. The van der Waals surface area contributed by atoms with Crippen molar-refractivity contribution < 1.29 is 9.47 Å². The van der Waals surface area contributed by atoms with Crippen LogP contribution < -0.4 is 14.8 Å². The van der Waals surface area contributed by atoms with Crippen molar-refractivity contribution in [1.29, 1.82) is 0 Å². The summed E-state index contributed by atoms with van der Waals surface area (Å²) < 4.78 is 11.4. The lowest BCUT2D eigenvalue weighted by Crippen LogP contribution is -2.51. The van der Waals surface area contributed by atoms with Gasteiger partial charge in [0.25, 0.3) is 0 Å². The average Bonchev–Trinajstić information content (AvgIpc) is 2.49. The first kappa shape index (κ1) is 15.1. The molecule has 1 saturated heterocycles. The van der Waals surface area contributed by atoms with Gasteiger partial charge in [-0.1, -0.05) is 19.1 Å². The Bertz CT molecular complexity index is 398. The van der Waals surface area contributed by atoms with E-state index in [1.165, 1.54) is 6.42 Å². The van der Waals surface area contributed by atoms with Gasteiger partial charge in [0, 0.05) is 32.2 Å². The molecule has 0 amide bonds. The Morgan fingerprint density at radius 3 is 2.65 bits per heavy atom. The lowest BCUT2D eigenvalue weighted by atomic mass is 10.1. The highest BCUT2D eigenvalue weighted by Gasteiger charge is 2.17. The van der Waals surface area contributed by atoms with Crippen molar-refractivity contribution in [3.63, 3.8) is 0 Å². The molecule has 1 aliphatic heterocycles. The zero-order valence-electron chi connectivity index (χ0n) is 12.6. The van der Waals surface area contributed by atoms with E-state index in [-0.39, 0.29) is 0 Å². The predicted octanol–water partition coefficient (Wildman–Crippen LogP) is 2.15. The van der Waals surface area contributed by atoms with Crippen LogP contribution in [-0.2, 0) is 0 Å². The van der Waals surface area contributed by atoms with Gasteiger partial charge in [0.2, 0.25) is 0 Å². The molecule has 0 bridgehead atoms. The second kappa shape index (κ2) is 8.12. The fourth-order valence-corrected chi connectivity index (χ4v) is 2.50. The summed E-state index contributed by atoms with van der Waals surface area (Å²) in [5.74, 6) is 1.68. The molecule has 0 aromatic heterocycles.